The van der Waals surface area contributed by atoms with Crippen LogP contribution in [0.25, 0.3) is 11.0 Å². The van der Waals surface area contributed by atoms with Crippen molar-refractivity contribution in [2.45, 2.75) is 19.9 Å². The highest BCUT2D eigenvalue weighted by molar-refractivity contribution is 5.87. The second-order valence-electron chi connectivity index (χ2n) is 3.74. The van der Waals surface area contributed by atoms with E-state index in [-0.39, 0.29) is 5.95 Å². The van der Waals surface area contributed by atoms with Crippen LogP contribution in [0.15, 0.2) is 6.20 Å². The predicted molar refractivity (Wildman–Crippen MR) is 59.6 cm³/mol. The molecule has 80 valence electrons. The molecule has 0 amide bonds. The Bertz CT molecular complexity index is 474. The zero-order valence-electron chi connectivity index (χ0n) is 9.02. The molecule has 2 rings (SSSR count). The van der Waals surface area contributed by atoms with Crippen molar-refractivity contribution < 1.29 is 0 Å². The number of hydrogen-bond donors (Lipinski definition) is 2. The molecule has 0 fully saturated rings. The van der Waals surface area contributed by atoms with E-state index < -0.39 is 0 Å². The molecule has 2 aromatic heterocycles. The number of aromatic nitrogens is 4. The van der Waals surface area contributed by atoms with Crippen molar-refractivity contribution in [3.05, 3.63) is 6.20 Å². The molecule has 0 aliphatic heterocycles. The first-order valence-corrected chi connectivity index (χ1v) is 4.79. The summed E-state index contributed by atoms with van der Waals surface area (Å²) in [6.07, 6.45) is 1.71. The lowest BCUT2D eigenvalue weighted by Gasteiger charge is -2.22. The van der Waals surface area contributed by atoms with Gasteiger partial charge in [0.15, 0.2) is 5.65 Å². The van der Waals surface area contributed by atoms with E-state index >= 15 is 0 Å². The van der Waals surface area contributed by atoms with Crippen LogP contribution in [0.5, 0.6) is 0 Å². The van der Waals surface area contributed by atoms with Gasteiger partial charge in [0.2, 0.25) is 5.95 Å². The Balaban J connectivity index is 2.62. The van der Waals surface area contributed by atoms with E-state index in [0.717, 1.165) is 11.2 Å². The molecule has 0 unspecified atom stereocenters. The van der Waals surface area contributed by atoms with Crippen molar-refractivity contribution in [3.63, 3.8) is 0 Å². The monoisotopic (exact) mass is 206 g/mol. The molecule has 0 spiro atoms. The average molecular weight is 206 g/mol. The van der Waals surface area contributed by atoms with Gasteiger partial charge >= 0.3 is 0 Å². The van der Waals surface area contributed by atoms with Gasteiger partial charge < -0.3 is 10.6 Å². The zero-order chi connectivity index (χ0) is 11.0. The number of aromatic amines is 1. The smallest absolute Gasteiger partial charge is 0.224 e. The first kappa shape index (κ1) is 9.70. The zero-order valence-corrected chi connectivity index (χ0v) is 9.02. The van der Waals surface area contributed by atoms with Crippen molar-refractivity contribution in [2.24, 2.45) is 0 Å². The van der Waals surface area contributed by atoms with Crippen molar-refractivity contribution in [3.8, 4) is 0 Å². The summed E-state index contributed by atoms with van der Waals surface area (Å²) in [6.45, 7) is 4.18. The SMILES string of the molecule is CC(C)N(C)c1nc(N)nc2[nH]ncc12. The Labute approximate surface area is 87.5 Å². The molecule has 15 heavy (non-hydrogen) atoms. The third kappa shape index (κ3) is 1.58. The standard InChI is InChI=1S/C9H14N6/c1-5(2)15(3)8-6-4-11-14-7(6)12-9(10)13-8/h4-5H,1-3H3,(H3,10,11,12,13,14). The maximum absolute atomic E-state index is 5.63. The van der Waals surface area contributed by atoms with Crippen molar-refractivity contribution in [2.75, 3.05) is 17.7 Å². The molecular weight excluding hydrogens is 192 g/mol. The van der Waals surface area contributed by atoms with Gasteiger partial charge in [0.1, 0.15) is 5.82 Å². The lowest BCUT2D eigenvalue weighted by molar-refractivity contribution is 0.746. The second kappa shape index (κ2) is 3.38. The predicted octanol–water partition coefficient (Wildman–Crippen LogP) is 0.780. The van der Waals surface area contributed by atoms with Crippen molar-refractivity contribution in [1.82, 2.24) is 20.2 Å². The quantitative estimate of drug-likeness (QED) is 0.758. The number of H-pyrrole nitrogens is 1. The number of nitrogen functional groups attached to an aromatic ring is 1. The lowest BCUT2D eigenvalue weighted by Crippen LogP contribution is -2.27. The largest absolute Gasteiger partial charge is 0.368 e. The lowest BCUT2D eigenvalue weighted by atomic mass is 10.3. The summed E-state index contributed by atoms with van der Waals surface area (Å²) in [7, 11) is 1.97. The minimum absolute atomic E-state index is 0.259. The summed E-state index contributed by atoms with van der Waals surface area (Å²) in [4.78, 5) is 10.3. The van der Waals surface area contributed by atoms with E-state index in [1.807, 2.05) is 11.9 Å². The molecule has 0 aliphatic rings. The van der Waals surface area contributed by atoms with Gasteiger partial charge in [0.25, 0.3) is 0 Å². The molecule has 0 aromatic carbocycles. The minimum atomic E-state index is 0.259. The minimum Gasteiger partial charge on any atom is -0.368 e. The van der Waals surface area contributed by atoms with Gasteiger partial charge in [-0.3, -0.25) is 5.10 Å². The van der Waals surface area contributed by atoms with Gasteiger partial charge in [0.05, 0.1) is 11.6 Å². The van der Waals surface area contributed by atoms with E-state index in [4.69, 9.17) is 5.73 Å². The number of nitrogens with two attached hydrogens (primary N) is 1. The second-order valence-corrected chi connectivity index (χ2v) is 3.74. The molecule has 0 saturated heterocycles. The Morgan fingerprint density at radius 2 is 2.13 bits per heavy atom. The molecule has 2 aromatic rings. The van der Waals surface area contributed by atoms with Gasteiger partial charge in [-0.25, -0.2) is 0 Å². The van der Waals surface area contributed by atoms with Gasteiger partial charge in [-0.2, -0.15) is 15.1 Å². The number of hydrogen-bond acceptors (Lipinski definition) is 5. The van der Waals surface area contributed by atoms with Gasteiger partial charge in [-0.05, 0) is 13.8 Å². The molecule has 0 saturated carbocycles. The normalized spacial score (nSPS) is 11.2. The summed E-state index contributed by atoms with van der Waals surface area (Å²) >= 11 is 0. The third-order valence-electron chi connectivity index (χ3n) is 2.42. The molecule has 2 heterocycles. The van der Waals surface area contributed by atoms with Crippen LogP contribution in [0.2, 0.25) is 0 Å². The molecule has 0 aliphatic carbocycles. The first-order valence-electron chi connectivity index (χ1n) is 4.79. The highest BCUT2D eigenvalue weighted by Gasteiger charge is 2.13. The summed E-state index contributed by atoms with van der Waals surface area (Å²) < 4.78 is 0. The Kier molecular flexibility index (Phi) is 2.18. The van der Waals surface area contributed by atoms with Gasteiger partial charge in [0, 0.05) is 13.1 Å². The molecule has 0 bridgehead atoms. The van der Waals surface area contributed by atoms with E-state index in [1.54, 1.807) is 6.20 Å². The van der Waals surface area contributed by atoms with Crippen LogP contribution < -0.4 is 10.6 Å². The van der Waals surface area contributed by atoms with E-state index in [1.165, 1.54) is 0 Å². The molecular formula is C9H14N6. The molecule has 6 heteroatoms. The number of anilines is 2. The first-order chi connectivity index (χ1) is 7.09. The fourth-order valence-corrected chi connectivity index (χ4v) is 1.35. The van der Waals surface area contributed by atoms with Crippen LogP contribution in [0.4, 0.5) is 11.8 Å². The Morgan fingerprint density at radius 1 is 1.40 bits per heavy atom. The maximum Gasteiger partial charge on any atom is 0.224 e. The van der Waals surface area contributed by atoms with Gasteiger partial charge in [-0.15, -0.1) is 0 Å². The van der Waals surface area contributed by atoms with E-state index in [0.29, 0.717) is 11.7 Å². The van der Waals surface area contributed by atoms with Crippen LogP contribution in [0.1, 0.15) is 13.8 Å². The number of nitrogens with one attached hydrogen (secondary N) is 1. The fraction of sp³-hybridized carbons (Fsp3) is 0.444. The summed E-state index contributed by atoms with van der Waals surface area (Å²) in [5.74, 6) is 1.07. The van der Waals surface area contributed by atoms with Crippen molar-refractivity contribution in [1.29, 1.82) is 0 Å². The molecule has 3 N–H and O–H groups in total. The summed E-state index contributed by atoms with van der Waals surface area (Å²) in [6, 6.07) is 0.345. The maximum atomic E-state index is 5.63. The number of fused-ring (bicyclic) bond motifs is 1. The number of rotatable bonds is 2. The summed E-state index contributed by atoms with van der Waals surface area (Å²) in [5.41, 5.74) is 6.30. The Morgan fingerprint density at radius 3 is 2.80 bits per heavy atom. The summed E-state index contributed by atoms with van der Waals surface area (Å²) in [5, 5.41) is 7.61. The van der Waals surface area contributed by atoms with Crippen LogP contribution in [0.3, 0.4) is 0 Å². The van der Waals surface area contributed by atoms with E-state index in [2.05, 4.69) is 34.0 Å². The Hall–Kier alpha value is -1.85. The molecule has 0 radical (unpaired) electrons. The highest BCUT2D eigenvalue weighted by atomic mass is 15.2. The van der Waals surface area contributed by atoms with Crippen LogP contribution in [0, 0.1) is 0 Å². The van der Waals surface area contributed by atoms with Crippen molar-refractivity contribution >= 4 is 22.8 Å². The molecule has 0 atom stereocenters. The fourth-order valence-electron chi connectivity index (χ4n) is 1.35. The third-order valence-corrected chi connectivity index (χ3v) is 2.42. The number of nitrogens with zero attached hydrogens (tertiary/aromatic N) is 4. The van der Waals surface area contributed by atoms with Crippen LogP contribution >= 0.6 is 0 Å². The van der Waals surface area contributed by atoms with Gasteiger partial charge in [-0.1, -0.05) is 0 Å². The average Bonchev–Trinajstić information content (AvgIpc) is 2.62. The highest BCUT2D eigenvalue weighted by Crippen LogP contribution is 2.23. The van der Waals surface area contributed by atoms with Crippen LogP contribution in [-0.4, -0.2) is 33.3 Å². The van der Waals surface area contributed by atoms with Crippen LogP contribution in [-0.2, 0) is 0 Å². The molecule has 6 nitrogen and oxygen atoms in total. The van der Waals surface area contributed by atoms with E-state index in [9.17, 15) is 0 Å². The topological polar surface area (TPSA) is 83.7 Å².